The van der Waals surface area contributed by atoms with E-state index in [1.807, 2.05) is 25.1 Å². The van der Waals surface area contributed by atoms with Gasteiger partial charge in [-0.15, -0.1) is 0 Å². The van der Waals surface area contributed by atoms with Crippen molar-refractivity contribution in [3.8, 4) is 0 Å². The van der Waals surface area contributed by atoms with Crippen LogP contribution in [0, 0.1) is 12.7 Å². The number of amides is 1. The molecule has 1 aliphatic rings. The number of halogens is 2. The second-order valence-corrected chi connectivity index (χ2v) is 6.29. The van der Waals surface area contributed by atoms with E-state index in [9.17, 15) is 9.18 Å². The molecule has 2 aromatic rings. The van der Waals surface area contributed by atoms with Crippen molar-refractivity contribution in [1.82, 2.24) is 5.32 Å². The molecule has 0 heterocycles. The van der Waals surface area contributed by atoms with Gasteiger partial charge in [-0.3, -0.25) is 4.79 Å². The van der Waals surface area contributed by atoms with Crippen molar-refractivity contribution in [2.45, 2.75) is 25.3 Å². The lowest BCUT2D eigenvalue weighted by Gasteiger charge is -2.06. The van der Waals surface area contributed by atoms with Gasteiger partial charge in [0.15, 0.2) is 0 Å². The highest BCUT2D eigenvalue weighted by molar-refractivity contribution is 9.10. The van der Waals surface area contributed by atoms with Crippen molar-refractivity contribution in [2.75, 3.05) is 0 Å². The zero-order chi connectivity index (χ0) is 15.0. The smallest absolute Gasteiger partial charge is 0.251 e. The molecule has 3 rings (SSSR count). The minimum atomic E-state index is -0.232. The Morgan fingerprint density at radius 3 is 2.62 bits per heavy atom. The number of hydrogen-bond donors (Lipinski definition) is 1. The standard InChI is InChI=1S/C17H15BrFNO/c1-10-2-3-12(8-15(10)18)17(21)20-16-9-14(16)11-4-6-13(19)7-5-11/h2-8,14,16H,9H2,1H3,(H,20,21)/t14-,16+/m0/s1. The Hall–Kier alpha value is -1.68. The number of hydrogen-bond acceptors (Lipinski definition) is 1. The van der Waals surface area contributed by atoms with Crippen molar-refractivity contribution < 1.29 is 9.18 Å². The summed E-state index contributed by atoms with van der Waals surface area (Å²) < 4.78 is 13.8. The number of benzene rings is 2. The number of nitrogens with one attached hydrogen (secondary N) is 1. The summed E-state index contributed by atoms with van der Waals surface area (Å²) in [5.74, 6) is -0.00163. The van der Waals surface area contributed by atoms with E-state index in [4.69, 9.17) is 0 Å². The molecule has 21 heavy (non-hydrogen) atoms. The molecule has 0 aromatic heterocycles. The molecule has 2 atom stereocenters. The van der Waals surface area contributed by atoms with Gasteiger partial charge in [0.1, 0.15) is 5.82 Å². The third kappa shape index (κ3) is 3.16. The minimum Gasteiger partial charge on any atom is -0.349 e. The van der Waals surface area contributed by atoms with Crippen LogP contribution in [0.4, 0.5) is 4.39 Å². The summed E-state index contributed by atoms with van der Waals surface area (Å²) in [5.41, 5.74) is 2.83. The van der Waals surface area contributed by atoms with Crippen LogP contribution in [0.5, 0.6) is 0 Å². The van der Waals surface area contributed by atoms with Gasteiger partial charge in [0.2, 0.25) is 0 Å². The van der Waals surface area contributed by atoms with E-state index in [0.29, 0.717) is 11.5 Å². The molecule has 1 amide bonds. The Kier molecular flexibility index (Phi) is 3.81. The van der Waals surface area contributed by atoms with Gasteiger partial charge in [-0.05, 0) is 48.7 Å². The maximum Gasteiger partial charge on any atom is 0.251 e. The van der Waals surface area contributed by atoms with Crippen molar-refractivity contribution in [3.05, 3.63) is 69.4 Å². The van der Waals surface area contributed by atoms with Crippen LogP contribution < -0.4 is 5.32 Å². The first-order valence-electron chi connectivity index (χ1n) is 6.87. The van der Waals surface area contributed by atoms with Crippen LogP contribution >= 0.6 is 15.9 Å². The SMILES string of the molecule is Cc1ccc(C(=O)N[C@@H]2C[C@H]2c2ccc(F)cc2)cc1Br. The number of carbonyl (C=O) groups excluding carboxylic acids is 1. The average Bonchev–Trinajstić information content (AvgIpc) is 3.21. The minimum absolute atomic E-state index is 0.0645. The average molecular weight is 348 g/mol. The zero-order valence-electron chi connectivity index (χ0n) is 11.6. The predicted octanol–water partition coefficient (Wildman–Crippen LogP) is 4.18. The lowest BCUT2D eigenvalue weighted by molar-refractivity contribution is 0.0950. The van der Waals surface area contributed by atoms with E-state index in [-0.39, 0.29) is 17.8 Å². The van der Waals surface area contributed by atoms with Crippen molar-refractivity contribution >= 4 is 21.8 Å². The molecule has 0 unspecified atom stereocenters. The molecule has 2 nitrogen and oxygen atoms in total. The fourth-order valence-electron chi connectivity index (χ4n) is 2.42. The molecular formula is C17H15BrFNO. The monoisotopic (exact) mass is 347 g/mol. The fourth-order valence-corrected chi connectivity index (χ4v) is 2.80. The topological polar surface area (TPSA) is 29.1 Å². The first-order valence-corrected chi connectivity index (χ1v) is 7.66. The summed E-state index contributed by atoms with van der Waals surface area (Å²) in [6.07, 6.45) is 0.907. The normalized spacial score (nSPS) is 20.1. The van der Waals surface area contributed by atoms with Gasteiger partial charge in [-0.1, -0.05) is 34.1 Å². The van der Waals surface area contributed by atoms with Crippen LogP contribution in [0.2, 0.25) is 0 Å². The Morgan fingerprint density at radius 2 is 1.95 bits per heavy atom. The summed E-state index contributed by atoms with van der Waals surface area (Å²) in [7, 11) is 0. The van der Waals surface area contributed by atoms with Crippen molar-refractivity contribution in [1.29, 1.82) is 0 Å². The molecule has 0 radical (unpaired) electrons. The van der Waals surface area contributed by atoms with Gasteiger partial charge in [-0.25, -0.2) is 4.39 Å². The van der Waals surface area contributed by atoms with Gasteiger partial charge in [0, 0.05) is 22.0 Å². The summed E-state index contributed by atoms with van der Waals surface area (Å²) in [4.78, 5) is 12.2. The largest absolute Gasteiger partial charge is 0.349 e. The molecule has 108 valence electrons. The van der Waals surface area contributed by atoms with E-state index >= 15 is 0 Å². The number of aryl methyl sites for hydroxylation is 1. The first-order chi connectivity index (χ1) is 10.0. The van der Waals surface area contributed by atoms with E-state index in [2.05, 4.69) is 21.2 Å². The third-order valence-corrected chi connectivity index (χ3v) is 4.69. The van der Waals surface area contributed by atoms with Crippen LogP contribution in [0.15, 0.2) is 46.9 Å². The molecule has 0 spiro atoms. The highest BCUT2D eigenvalue weighted by Gasteiger charge is 2.39. The van der Waals surface area contributed by atoms with Gasteiger partial charge < -0.3 is 5.32 Å². The lowest BCUT2D eigenvalue weighted by Crippen LogP contribution is -2.26. The zero-order valence-corrected chi connectivity index (χ0v) is 13.2. The van der Waals surface area contributed by atoms with Gasteiger partial charge in [0.25, 0.3) is 5.91 Å². The second-order valence-electron chi connectivity index (χ2n) is 5.44. The van der Waals surface area contributed by atoms with Gasteiger partial charge in [-0.2, -0.15) is 0 Å². The van der Waals surface area contributed by atoms with Crippen LogP contribution in [0.25, 0.3) is 0 Å². The molecule has 4 heteroatoms. The Morgan fingerprint density at radius 1 is 1.24 bits per heavy atom. The summed E-state index contributed by atoms with van der Waals surface area (Å²) in [6, 6.07) is 12.2. The van der Waals surface area contributed by atoms with E-state index in [0.717, 1.165) is 22.0 Å². The second kappa shape index (κ2) is 5.60. The summed E-state index contributed by atoms with van der Waals surface area (Å²) >= 11 is 3.44. The highest BCUT2D eigenvalue weighted by atomic mass is 79.9. The summed E-state index contributed by atoms with van der Waals surface area (Å²) in [5, 5.41) is 3.03. The van der Waals surface area contributed by atoms with Crippen LogP contribution in [0.3, 0.4) is 0 Å². The van der Waals surface area contributed by atoms with Crippen LogP contribution in [0.1, 0.15) is 33.8 Å². The molecule has 0 saturated heterocycles. The molecule has 1 N–H and O–H groups in total. The van der Waals surface area contributed by atoms with E-state index < -0.39 is 0 Å². The predicted molar refractivity (Wildman–Crippen MR) is 83.9 cm³/mol. The maximum absolute atomic E-state index is 12.9. The molecule has 0 aliphatic heterocycles. The highest BCUT2D eigenvalue weighted by Crippen LogP contribution is 2.40. The number of rotatable bonds is 3. The summed E-state index contributed by atoms with van der Waals surface area (Å²) in [6.45, 7) is 1.98. The molecule has 1 aliphatic carbocycles. The maximum atomic E-state index is 12.9. The Bertz CT molecular complexity index is 684. The van der Waals surface area contributed by atoms with Crippen LogP contribution in [-0.2, 0) is 0 Å². The van der Waals surface area contributed by atoms with E-state index in [1.54, 1.807) is 12.1 Å². The quantitative estimate of drug-likeness (QED) is 0.886. The van der Waals surface area contributed by atoms with Crippen LogP contribution in [-0.4, -0.2) is 11.9 Å². The van der Waals surface area contributed by atoms with E-state index in [1.165, 1.54) is 12.1 Å². The molecule has 2 aromatic carbocycles. The Labute approximate surface area is 131 Å². The molecule has 0 bridgehead atoms. The lowest BCUT2D eigenvalue weighted by atomic mass is 10.1. The molecule has 1 fully saturated rings. The Balaban J connectivity index is 1.64. The first kappa shape index (κ1) is 14.3. The molecule has 1 saturated carbocycles. The van der Waals surface area contributed by atoms with Gasteiger partial charge in [0.05, 0.1) is 0 Å². The molecular weight excluding hydrogens is 333 g/mol. The number of carbonyl (C=O) groups is 1. The van der Waals surface area contributed by atoms with Crippen molar-refractivity contribution in [3.63, 3.8) is 0 Å². The third-order valence-electron chi connectivity index (χ3n) is 3.84. The van der Waals surface area contributed by atoms with Gasteiger partial charge >= 0.3 is 0 Å². The van der Waals surface area contributed by atoms with Crippen molar-refractivity contribution in [2.24, 2.45) is 0 Å². The fraction of sp³-hybridized carbons (Fsp3) is 0.235.